The predicted molar refractivity (Wildman–Crippen MR) is 127 cm³/mol. The zero-order valence-electron chi connectivity index (χ0n) is 17.1. The minimum atomic E-state index is -0.724. The molecule has 2 amide bonds. The van der Waals surface area contributed by atoms with Crippen molar-refractivity contribution in [2.75, 3.05) is 6.61 Å². The van der Waals surface area contributed by atoms with Crippen LogP contribution in [-0.4, -0.2) is 24.5 Å². The maximum absolute atomic E-state index is 12.3. The number of amides is 2. The van der Waals surface area contributed by atoms with Crippen molar-refractivity contribution >= 4 is 54.4 Å². The second-order valence-corrected chi connectivity index (χ2v) is 8.61. The third kappa shape index (κ3) is 6.21. The molecule has 0 aromatic heterocycles. The largest absolute Gasteiger partial charge is 0.483 e. The second-order valence-electron chi connectivity index (χ2n) is 6.90. The Bertz CT molecular complexity index is 1090. The SMILES string of the molecule is CCC(Oc1ccc(C)cc1)C(=O)NNC(=O)COc1ccc2cc(Br)ccc2c1Br. The Kier molecular flexibility index (Phi) is 7.92. The highest BCUT2D eigenvalue weighted by atomic mass is 79.9. The summed E-state index contributed by atoms with van der Waals surface area (Å²) in [5.74, 6) is 0.205. The summed E-state index contributed by atoms with van der Waals surface area (Å²) < 4.78 is 13.0. The Morgan fingerprint density at radius 3 is 2.45 bits per heavy atom. The predicted octanol–water partition coefficient (Wildman–Crippen LogP) is 5.06. The average molecular weight is 550 g/mol. The van der Waals surface area contributed by atoms with Gasteiger partial charge < -0.3 is 9.47 Å². The van der Waals surface area contributed by atoms with E-state index in [4.69, 9.17) is 9.47 Å². The van der Waals surface area contributed by atoms with Crippen LogP contribution in [-0.2, 0) is 9.59 Å². The van der Waals surface area contributed by atoms with Crippen molar-refractivity contribution in [2.24, 2.45) is 0 Å². The maximum Gasteiger partial charge on any atom is 0.279 e. The van der Waals surface area contributed by atoms with Gasteiger partial charge in [0, 0.05) is 4.47 Å². The lowest BCUT2D eigenvalue weighted by Gasteiger charge is -2.18. The molecule has 0 fully saturated rings. The summed E-state index contributed by atoms with van der Waals surface area (Å²) in [6, 6.07) is 17.0. The lowest BCUT2D eigenvalue weighted by molar-refractivity contribution is -0.134. The summed E-state index contributed by atoms with van der Waals surface area (Å²) in [7, 11) is 0. The van der Waals surface area contributed by atoms with Crippen molar-refractivity contribution in [1.29, 1.82) is 0 Å². The molecule has 0 radical (unpaired) electrons. The molecule has 6 nitrogen and oxygen atoms in total. The fourth-order valence-corrected chi connectivity index (χ4v) is 3.84. The van der Waals surface area contributed by atoms with E-state index in [0.29, 0.717) is 17.9 Å². The normalized spacial score (nSPS) is 11.6. The quantitative estimate of drug-likeness (QED) is 0.404. The van der Waals surface area contributed by atoms with E-state index in [0.717, 1.165) is 25.3 Å². The molecule has 3 rings (SSSR count). The van der Waals surface area contributed by atoms with Crippen LogP contribution in [0.25, 0.3) is 10.8 Å². The minimum absolute atomic E-state index is 0.253. The van der Waals surface area contributed by atoms with Crippen molar-refractivity contribution in [3.05, 3.63) is 69.1 Å². The minimum Gasteiger partial charge on any atom is -0.483 e. The molecule has 0 saturated heterocycles. The number of nitrogens with one attached hydrogen (secondary N) is 2. The summed E-state index contributed by atoms with van der Waals surface area (Å²) in [5, 5.41) is 2.00. The Morgan fingerprint density at radius 1 is 1.00 bits per heavy atom. The lowest BCUT2D eigenvalue weighted by atomic mass is 10.1. The van der Waals surface area contributed by atoms with Gasteiger partial charge in [0.2, 0.25) is 0 Å². The number of hydrazine groups is 1. The Labute approximate surface area is 197 Å². The van der Waals surface area contributed by atoms with Crippen molar-refractivity contribution in [3.63, 3.8) is 0 Å². The molecule has 162 valence electrons. The molecule has 0 aliphatic rings. The Balaban J connectivity index is 1.51. The van der Waals surface area contributed by atoms with E-state index in [-0.39, 0.29) is 6.61 Å². The van der Waals surface area contributed by atoms with E-state index >= 15 is 0 Å². The topological polar surface area (TPSA) is 76.7 Å². The molecule has 0 heterocycles. The van der Waals surface area contributed by atoms with Crippen LogP contribution < -0.4 is 20.3 Å². The maximum atomic E-state index is 12.3. The number of hydrogen-bond donors (Lipinski definition) is 2. The van der Waals surface area contributed by atoms with Gasteiger partial charge in [0.25, 0.3) is 11.8 Å². The van der Waals surface area contributed by atoms with E-state index in [1.54, 1.807) is 18.2 Å². The standard InChI is InChI=1S/C23H22Br2N2O4/c1-3-19(31-17-8-4-14(2)5-9-17)23(29)27-26-21(28)13-30-20-11-6-15-12-16(24)7-10-18(15)22(20)25/h4-12,19H,3,13H2,1-2H3,(H,26,28)(H,27,29). The van der Waals surface area contributed by atoms with Crippen molar-refractivity contribution < 1.29 is 19.1 Å². The van der Waals surface area contributed by atoms with Gasteiger partial charge in [-0.25, -0.2) is 0 Å². The van der Waals surface area contributed by atoms with Gasteiger partial charge >= 0.3 is 0 Å². The molecule has 8 heteroatoms. The number of carbonyl (C=O) groups is 2. The van der Waals surface area contributed by atoms with Crippen LogP contribution in [0.3, 0.4) is 0 Å². The smallest absolute Gasteiger partial charge is 0.279 e. The first-order chi connectivity index (χ1) is 14.9. The number of fused-ring (bicyclic) bond motifs is 1. The van der Waals surface area contributed by atoms with E-state index in [9.17, 15) is 9.59 Å². The first-order valence-electron chi connectivity index (χ1n) is 9.70. The van der Waals surface area contributed by atoms with Crippen LogP contribution in [0.4, 0.5) is 0 Å². The number of benzene rings is 3. The highest BCUT2D eigenvalue weighted by molar-refractivity contribution is 9.11. The molecule has 0 bridgehead atoms. The van der Waals surface area contributed by atoms with Gasteiger partial charge in [-0.2, -0.15) is 0 Å². The average Bonchev–Trinajstić information content (AvgIpc) is 2.76. The summed E-state index contributed by atoms with van der Waals surface area (Å²) >= 11 is 6.97. The number of aryl methyl sites for hydroxylation is 1. The van der Waals surface area contributed by atoms with Crippen molar-refractivity contribution in [1.82, 2.24) is 10.9 Å². The molecule has 0 saturated carbocycles. The number of halogens is 2. The molecular formula is C23H22Br2N2O4. The van der Waals surface area contributed by atoms with Crippen LogP contribution >= 0.6 is 31.9 Å². The fraction of sp³-hybridized carbons (Fsp3) is 0.217. The fourth-order valence-electron chi connectivity index (χ4n) is 2.85. The highest BCUT2D eigenvalue weighted by Gasteiger charge is 2.19. The Hall–Kier alpha value is -2.58. The van der Waals surface area contributed by atoms with Crippen molar-refractivity contribution in [2.45, 2.75) is 26.4 Å². The van der Waals surface area contributed by atoms with Gasteiger partial charge in [-0.05, 0) is 70.4 Å². The molecule has 1 unspecified atom stereocenters. The van der Waals surface area contributed by atoms with E-state index in [2.05, 4.69) is 42.7 Å². The van der Waals surface area contributed by atoms with E-state index in [1.165, 1.54) is 0 Å². The molecule has 31 heavy (non-hydrogen) atoms. The number of ether oxygens (including phenoxy) is 2. The molecule has 0 aliphatic heterocycles. The summed E-state index contributed by atoms with van der Waals surface area (Å²) in [4.78, 5) is 24.5. The number of carbonyl (C=O) groups excluding carboxylic acids is 2. The van der Waals surface area contributed by atoms with Gasteiger partial charge in [0.1, 0.15) is 11.5 Å². The highest BCUT2D eigenvalue weighted by Crippen LogP contribution is 2.34. The summed E-state index contributed by atoms with van der Waals surface area (Å²) in [6.45, 7) is 3.55. The molecular weight excluding hydrogens is 528 g/mol. The zero-order chi connectivity index (χ0) is 22.4. The number of rotatable bonds is 7. The third-order valence-electron chi connectivity index (χ3n) is 4.53. The van der Waals surface area contributed by atoms with Gasteiger partial charge in [-0.15, -0.1) is 0 Å². The van der Waals surface area contributed by atoms with Gasteiger partial charge in [0.05, 0.1) is 4.47 Å². The molecule has 3 aromatic rings. The van der Waals surface area contributed by atoms with Crippen LogP contribution in [0.1, 0.15) is 18.9 Å². The molecule has 2 N–H and O–H groups in total. The molecule has 0 aliphatic carbocycles. The van der Waals surface area contributed by atoms with Gasteiger partial charge in [-0.3, -0.25) is 20.4 Å². The summed E-state index contributed by atoms with van der Waals surface area (Å²) in [6.07, 6.45) is -0.274. The molecule has 3 aromatic carbocycles. The molecule has 0 spiro atoms. The first-order valence-corrected chi connectivity index (χ1v) is 11.3. The summed E-state index contributed by atoms with van der Waals surface area (Å²) in [5.41, 5.74) is 5.85. The van der Waals surface area contributed by atoms with Crippen molar-refractivity contribution in [3.8, 4) is 11.5 Å². The van der Waals surface area contributed by atoms with Gasteiger partial charge in [-0.1, -0.05) is 52.7 Å². The monoisotopic (exact) mass is 548 g/mol. The van der Waals surface area contributed by atoms with E-state index < -0.39 is 17.9 Å². The van der Waals surface area contributed by atoms with Gasteiger partial charge in [0.15, 0.2) is 12.7 Å². The third-order valence-corrected chi connectivity index (χ3v) is 5.84. The van der Waals surface area contributed by atoms with Crippen LogP contribution in [0.15, 0.2) is 63.5 Å². The van der Waals surface area contributed by atoms with Crippen LogP contribution in [0, 0.1) is 6.92 Å². The van der Waals surface area contributed by atoms with E-state index in [1.807, 2.05) is 50.2 Å². The Morgan fingerprint density at radius 2 is 1.74 bits per heavy atom. The van der Waals surface area contributed by atoms with Crippen LogP contribution in [0.2, 0.25) is 0 Å². The van der Waals surface area contributed by atoms with Crippen LogP contribution in [0.5, 0.6) is 11.5 Å². The molecule has 1 atom stereocenters. The number of hydrogen-bond acceptors (Lipinski definition) is 4. The lowest BCUT2D eigenvalue weighted by Crippen LogP contribution is -2.49. The zero-order valence-corrected chi connectivity index (χ0v) is 20.2. The second kappa shape index (κ2) is 10.6. The first kappa shape index (κ1) is 23.1.